The zero-order chi connectivity index (χ0) is 16.0. The largest absolute Gasteiger partial charge is 0.492 e. The van der Waals surface area contributed by atoms with Gasteiger partial charge in [0.05, 0.1) is 0 Å². The summed E-state index contributed by atoms with van der Waals surface area (Å²) in [5, 5.41) is 16.2. The molecule has 0 saturated carbocycles. The van der Waals surface area contributed by atoms with Crippen molar-refractivity contribution in [2.75, 3.05) is 19.7 Å². The second-order valence-corrected chi connectivity index (χ2v) is 6.00. The van der Waals surface area contributed by atoms with Gasteiger partial charge in [-0.1, -0.05) is 18.2 Å². The third kappa shape index (κ3) is 1.93. The van der Waals surface area contributed by atoms with Crippen molar-refractivity contribution in [3.8, 4) is 5.75 Å². The molecular weight excluding hydrogens is 298 g/mol. The summed E-state index contributed by atoms with van der Waals surface area (Å²) in [4.78, 5) is 26.1. The van der Waals surface area contributed by atoms with Crippen molar-refractivity contribution in [3.05, 3.63) is 47.8 Å². The number of likely N-dealkylation sites (tertiary alicyclic amines) is 1. The Kier molecular flexibility index (Phi) is 2.90. The fraction of sp³-hybridized carbons (Fsp3) is 0.312. The van der Waals surface area contributed by atoms with Crippen molar-refractivity contribution < 1.29 is 19.4 Å². The number of hydrogen-bond donors (Lipinski definition) is 2. The Bertz CT molecular complexity index is 773. The quantitative estimate of drug-likeness (QED) is 0.866. The minimum atomic E-state index is -1.11. The first kappa shape index (κ1) is 13.8. The van der Waals surface area contributed by atoms with E-state index < -0.39 is 11.4 Å². The highest BCUT2D eigenvalue weighted by molar-refractivity contribution is 5.93. The van der Waals surface area contributed by atoms with Crippen molar-refractivity contribution in [2.24, 2.45) is 5.41 Å². The highest BCUT2D eigenvalue weighted by atomic mass is 16.5. The number of carbonyl (C=O) groups is 2. The summed E-state index contributed by atoms with van der Waals surface area (Å²) >= 11 is 0. The molecule has 3 heterocycles. The van der Waals surface area contributed by atoms with Crippen molar-refractivity contribution in [1.29, 1.82) is 0 Å². The number of carboxylic acid groups (broad SMARTS) is 1. The Hall–Kier alpha value is -2.83. The number of benzene rings is 1. The molecule has 2 atom stereocenters. The van der Waals surface area contributed by atoms with E-state index in [-0.39, 0.29) is 25.0 Å². The molecule has 2 aliphatic heterocycles. The van der Waals surface area contributed by atoms with Crippen LogP contribution in [-0.4, -0.2) is 51.8 Å². The van der Waals surface area contributed by atoms with Gasteiger partial charge in [0.1, 0.15) is 23.5 Å². The summed E-state index contributed by atoms with van der Waals surface area (Å²) in [6.07, 6.45) is 1.50. The monoisotopic (exact) mass is 313 g/mol. The normalized spacial score (nSPS) is 25.4. The number of H-pyrrole nitrogens is 1. The summed E-state index contributed by atoms with van der Waals surface area (Å²) < 4.78 is 5.68. The van der Waals surface area contributed by atoms with Gasteiger partial charge in [-0.25, -0.2) is 0 Å². The molecule has 0 radical (unpaired) electrons. The number of aromatic nitrogens is 2. The molecule has 118 valence electrons. The highest BCUT2D eigenvalue weighted by Crippen LogP contribution is 2.49. The molecule has 0 aliphatic carbocycles. The number of amides is 1. The highest BCUT2D eigenvalue weighted by Gasteiger charge is 2.57. The average molecular weight is 313 g/mol. The smallest absolute Gasteiger partial charge is 0.315 e. The third-order valence-corrected chi connectivity index (χ3v) is 4.77. The van der Waals surface area contributed by atoms with Gasteiger partial charge in [-0.05, 0) is 12.1 Å². The number of carboxylic acids is 1. The first-order valence-electron chi connectivity index (χ1n) is 7.35. The Morgan fingerprint density at radius 3 is 2.91 bits per heavy atom. The molecular formula is C16H15N3O4. The summed E-state index contributed by atoms with van der Waals surface area (Å²) in [5.74, 6) is -0.756. The van der Waals surface area contributed by atoms with Gasteiger partial charge in [0.15, 0.2) is 0 Å². The molecule has 7 nitrogen and oxygen atoms in total. The second-order valence-electron chi connectivity index (χ2n) is 6.00. The van der Waals surface area contributed by atoms with Crippen molar-refractivity contribution in [1.82, 2.24) is 15.1 Å². The van der Waals surface area contributed by atoms with Crippen LogP contribution in [0.15, 0.2) is 36.5 Å². The Labute approximate surface area is 131 Å². The van der Waals surface area contributed by atoms with E-state index >= 15 is 0 Å². The van der Waals surface area contributed by atoms with Gasteiger partial charge < -0.3 is 14.7 Å². The summed E-state index contributed by atoms with van der Waals surface area (Å²) in [6, 6.07) is 9.01. The number of nitrogens with one attached hydrogen (secondary N) is 1. The van der Waals surface area contributed by atoms with Crippen LogP contribution in [0, 0.1) is 5.41 Å². The Morgan fingerprint density at radius 2 is 2.17 bits per heavy atom. The number of hydrogen-bond acceptors (Lipinski definition) is 4. The van der Waals surface area contributed by atoms with Gasteiger partial charge in [-0.3, -0.25) is 14.7 Å². The molecule has 23 heavy (non-hydrogen) atoms. The van der Waals surface area contributed by atoms with Crippen molar-refractivity contribution in [3.63, 3.8) is 0 Å². The molecule has 2 N–H and O–H groups in total. The number of nitrogens with zero attached hydrogens (tertiary/aromatic N) is 2. The molecule has 2 aliphatic rings. The molecule has 1 fully saturated rings. The van der Waals surface area contributed by atoms with E-state index in [1.54, 1.807) is 11.0 Å². The number of rotatable bonds is 2. The van der Waals surface area contributed by atoms with Gasteiger partial charge in [-0.15, -0.1) is 0 Å². The van der Waals surface area contributed by atoms with E-state index in [4.69, 9.17) is 4.74 Å². The Morgan fingerprint density at radius 1 is 1.35 bits per heavy atom. The fourth-order valence-electron chi connectivity index (χ4n) is 3.54. The van der Waals surface area contributed by atoms with Crippen LogP contribution >= 0.6 is 0 Å². The summed E-state index contributed by atoms with van der Waals surface area (Å²) in [7, 11) is 0. The van der Waals surface area contributed by atoms with Crippen LogP contribution in [-0.2, 0) is 4.79 Å². The summed E-state index contributed by atoms with van der Waals surface area (Å²) in [6.45, 7) is 0.542. The number of para-hydroxylation sites is 1. The zero-order valence-electron chi connectivity index (χ0n) is 12.2. The molecule has 2 aromatic rings. The van der Waals surface area contributed by atoms with Gasteiger partial charge in [-0.2, -0.15) is 5.10 Å². The maximum atomic E-state index is 12.5. The zero-order valence-corrected chi connectivity index (χ0v) is 12.2. The average Bonchev–Trinajstić information content (AvgIpc) is 3.22. The van der Waals surface area contributed by atoms with Crippen LogP contribution in [0.2, 0.25) is 0 Å². The Balaban J connectivity index is 1.73. The lowest BCUT2D eigenvalue weighted by Gasteiger charge is -2.35. The molecule has 1 aromatic heterocycles. The number of fused-ring (bicyclic) bond motifs is 3. The van der Waals surface area contributed by atoms with Crippen LogP contribution < -0.4 is 4.74 Å². The number of ether oxygens (including phenoxy) is 1. The van der Waals surface area contributed by atoms with Gasteiger partial charge in [0.25, 0.3) is 5.91 Å². The third-order valence-electron chi connectivity index (χ3n) is 4.77. The number of carbonyl (C=O) groups excluding carboxylic acids is 1. The second kappa shape index (κ2) is 4.84. The van der Waals surface area contributed by atoms with E-state index in [2.05, 4.69) is 10.2 Å². The predicted molar refractivity (Wildman–Crippen MR) is 79.2 cm³/mol. The standard InChI is InChI=1S/C16H15N3O4/c20-14(12-5-6-17-18-12)19-7-11-10-3-1-2-4-13(10)23-9-16(11,8-19)15(21)22/h1-6,11H,7-9H2,(H,17,18)(H,21,22)/t11-,16-/m0/s1. The van der Waals surface area contributed by atoms with Gasteiger partial charge in [0, 0.05) is 30.8 Å². The SMILES string of the molecule is O=C(c1ccn[nH]1)N1C[C@H]2c3ccccc3OC[C@@]2(C(=O)O)C1. The minimum Gasteiger partial charge on any atom is -0.492 e. The maximum absolute atomic E-state index is 12.5. The number of aromatic amines is 1. The molecule has 1 amide bonds. The first-order valence-corrected chi connectivity index (χ1v) is 7.35. The van der Waals surface area contributed by atoms with Crippen molar-refractivity contribution in [2.45, 2.75) is 5.92 Å². The van der Waals surface area contributed by atoms with Crippen molar-refractivity contribution >= 4 is 11.9 Å². The fourth-order valence-corrected chi connectivity index (χ4v) is 3.54. The van der Waals surface area contributed by atoms with E-state index in [9.17, 15) is 14.7 Å². The molecule has 7 heteroatoms. The van der Waals surface area contributed by atoms with E-state index in [0.717, 1.165) is 5.56 Å². The molecule has 0 spiro atoms. The van der Waals surface area contributed by atoms with Crippen LogP contribution in [0.25, 0.3) is 0 Å². The lowest BCUT2D eigenvalue weighted by atomic mass is 9.73. The topological polar surface area (TPSA) is 95.5 Å². The van der Waals surface area contributed by atoms with Gasteiger partial charge >= 0.3 is 5.97 Å². The van der Waals surface area contributed by atoms with Crippen LogP contribution in [0.4, 0.5) is 0 Å². The number of aliphatic carboxylic acids is 1. The molecule has 1 saturated heterocycles. The van der Waals surface area contributed by atoms with E-state index in [0.29, 0.717) is 18.0 Å². The summed E-state index contributed by atoms with van der Waals surface area (Å²) in [5.41, 5.74) is 0.101. The molecule has 1 aromatic carbocycles. The van der Waals surface area contributed by atoms with Crippen LogP contribution in [0.1, 0.15) is 22.0 Å². The predicted octanol–water partition coefficient (Wildman–Crippen LogP) is 1.11. The lowest BCUT2D eigenvalue weighted by molar-refractivity contribution is -0.151. The van der Waals surface area contributed by atoms with Crippen LogP contribution in [0.5, 0.6) is 5.75 Å². The van der Waals surface area contributed by atoms with Gasteiger partial charge in [0.2, 0.25) is 0 Å². The minimum absolute atomic E-state index is 0.0662. The van der Waals surface area contributed by atoms with E-state index in [1.165, 1.54) is 6.20 Å². The van der Waals surface area contributed by atoms with Crippen LogP contribution in [0.3, 0.4) is 0 Å². The molecule has 0 unspecified atom stereocenters. The lowest BCUT2D eigenvalue weighted by Crippen LogP contribution is -2.46. The molecule has 4 rings (SSSR count). The maximum Gasteiger partial charge on any atom is 0.315 e. The first-order chi connectivity index (χ1) is 11.1. The molecule has 0 bridgehead atoms. The van der Waals surface area contributed by atoms with E-state index in [1.807, 2.05) is 24.3 Å².